The number of benzene rings is 1. The molecule has 0 amide bonds. The smallest absolute Gasteiger partial charge is 0.114 e. The number of aromatic nitrogens is 1. The van der Waals surface area contributed by atoms with Gasteiger partial charge in [0.25, 0.3) is 0 Å². The van der Waals surface area contributed by atoms with Crippen molar-refractivity contribution in [3.05, 3.63) is 57.7 Å². The first-order valence-corrected chi connectivity index (χ1v) is 9.43. The van der Waals surface area contributed by atoms with Crippen LogP contribution in [-0.2, 0) is 18.6 Å². The van der Waals surface area contributed by atoms with E-state index in [1.807, 2.05) is 18.2 Å². The minimum Gasteiger partial charge on any atom is -0.245 e. The number of aryl methyl sites for hydroxylation is 2. The van der Waals surface area contributed by atoms with Crippen molar-refractivity contribution in [1.29, 1.82) is 5.26 Å². The molecule has 1 aliphatic rings. The van der Waals surface area contributed by atoms with Crippen molar-refractivity contribution in [1.82, 2.24) is 4.98 Å². The molecule has 118 valence electrons. The lowest BCUT2D eigenvalue weighted by atomic mass is 9.96. The Morgan fingerprint density at radius 2 is 1.96 bits per heavy atom. The van der Waals surface area contributed by atoms with E-state index in [4.69, 9.17) is 16.6 Å². The van der Waals surface area contributed by atoms with Gasteiger partial charge in [0, 0.05) is 16.5 Å². The van der Waals surface area contributed by atoms with E-state index in [1.54, 1.807) is 11.8 Å². The number of nitriles is 1. The minimum atomic E-state index is 0.705. The molecule has 4 heteroatoms. The Kier molecular flexibility index (Phi) is 5.59. The summed E-state index contributed by atoms with van der Waals surface area (Å²) in [6.45, 7) is 0. The number of pyridine rings is 1. The van der Waals surface area contributed by atoms with E-state index < -0.39 is 0 Å². The molecule has 0 N–H and O–H groups in total. The molecular formula is C19H19ClN2S. The average Bonchev–Trinajstić information content (AvgIpc) is 2.53. The second kappa shape index (κ2) is 7.86. The van der Waals surface area contributed by atoms with Crippen molar-refractivity contribution in [2.24, 2.45) is 0 Å². The number of nitrogens with zero attached hydrogens (tertiary/aromatic N) is 2. The molecule has 3 rings (SSSR count). The fourth-order valence-electron chi connectivity index (χ4n) is 2.94. The van der Waals surface area contributed by atoms with Crippen LogP contribution in [-0.4, -0.2) is 4.98 Å². The molecule has 0 spiro atoms. The van der Waals surface area contributed by atoms with E-state index in [2.05, 4.69) is 18.2 Å². The third-order valence-corrected chi connectivity index (χ3v) is 5.45. The molecule has 0 fully saturated rings. The topological polar surface area (TPSA) is 36.7 Å². The van der Waals surface area contributed by atoms with Gasteiger partial charge in [0.15, 0.2) is 0 Å². The van der Waals surface area contributed by atoms with E-state index in [0.717, 1.165) is 34.2 Å². The summed E-state index contributed by atoms with van der Waals surface area (Å²) in [6, 6.07) is 12.2. The summed E-state index contributed by atoms with van der Waals surface area (Å²) in [6.07, 6.45) is 7.06. The third kappa shape index (κ3) is 4.28. The molecule has 1 aromatic carbocycles. The lowest BCUT2D eigenvalue weighted by molar-refractivity contribution is 0.605. The lowest BCUT2D eigenvalue weighted by Crippen LogP contribution is -2.05. The monoisotopic (exact) mass is 342 g/mol. The SMILES string of the molecule is N#Cc1cc2c(nc1SCc1cccc(Cl)c1)CCCCCC2. The molecule has 1 heterocycles. The fraction of sp³-hybridized carbons (Fsp3) is 0.368. The molecule has 0 atom stereocenters. The molecule has 0 aliphatic heterocycles. The van der Waals surface area contributed by atoms with Crippen LogP contribution in [0.4, 0.5) is 0 Å². The van der Waals surface area contributed by atoms with Gasteiger partial charge >= 0.3 is 0 Å². The van der Waals surface area contributed by atoms with Gasteiger partial charge in [-0.1, -0.05) is 36.6 Å². The van der Waals surface area contributed by atoms with Crippen LogP contribution in [0.3, 0.4) is 0 Å². The van der Waals surface area contributed by atoms with Crippen LogP contribution in [0, 0.1) is 11.3 Å². The molecule has 2 nitrogen and oxygen atoms in total. The Balaban J connectivity index is 1.83. The standard InChI is InChI=1S/C19H19ClN2S/c20-17-8-5-6-14(10-17)13-23-19-16(12-21)11-15-7-3-1-2-4-9-18(15)22-19/h5-6,8,10-11H,1-4,7,9,13H2. The number of thioether (sulfide) groups is 1. The highest BCUT2D eigenvalue weighted by Gasteiger charge is 2.14. The normalized spacial score (nSPS) is 14.4. The number of fused-ring (bicyclic) bond motifs is 1. The highest BCUT2D eigenvalue weighted by molar-refractivity contribution is 7.98. The van der Waals surface area contributed by atoms with E-state index in [9.17, 15) is 5.26 Å². The van der Waals surface area contributed by atoms with Crippen molar-refractivity contribution in [2.45, 2.75) is 49.3 Å². The zero-order valence-corrected chi connectivity index (χ0v) is 14.6. The van der Waals surface area contributed by atoms with Crippen molar-refractivity contribution >= 4 is 23.4 Å². The van der Waals surface area contributed by atoms with Gasteiger partial charge in [0.2, 0.25) is 0 Å². The first kappa shape index (κ1) is 16.4. The van der Waals surface area contributed by atoms with Crippen LogP contribution in [0.15, 0.2) is 35.4 Å². The third-order valence-electron chi connectivity index (χ3n) is 4.15. The molecule has 0 radical (unpaired) electrons. The second-order valence-electron chi connectivity index (χ2n) is 5.89. The van der Waals surface area contributed by atoms with Gasteiger partial charge in [-0.05, 0) is 55.0 Å². The Labute approximate surface area is 146 Å². The maximum absolute atomic E-state index is 9.46. The van der Waals surface area contributed by atoms with Crippen LogP contribution in [0.25, 0.3) is 0 Å². The van der Waals surface area contributed by atoms with Crippen molar-refractivity contribution in [3.63, 3.8) is 0 Å². The molecule has 2 aromatic rings. The Morgan fingerprint density at radius 3 is 2.74 bits per heavy atom. The van der Waals surface area contributed by atoms with Crippen molar-refractivity contribution in [3.8, 4) is 6.07 Å². The summed E-state index contributed by atoms with van der Waals surface area (Å²) < 4.78 is 0. The van der Waals surface area contributed by atoms with Gasteiger partial charge in [-0.25, -0.2) is 4.98 Å². The first-order chi connectivity index (χ1) is 11.3. The molecule has 23 heavy (non-hydrogen) atoms. The Morgan fingerprint density at radius 1 is 1.13 bits per heavy atom. The van der Waals surface area contributed by atoms with E-state index in [0.29, 0.717) is 5.56 Å². The van der Waals surface area contributed by atoms with Gasteiger partial charge in [0.05, 0.1) is 5.56 Å². The Hall–Kier alpha value is -1.50. The highest BCUT2D eigenvalue weighted by atomic mass is 35.5. The van der Waals surface area contributed by atoms with Crippen LogP contribution >= 0.6 is 23.4 Å². The maximum Gasteiger partial charge on any atom is 0.114 e. The number of hydrogen-bond donors (Lipinski definition) is 0. The minimum absolute atomic E-state index is 0.705. The van der Waals surface area contributed by atoms with Crippen molar-refractivity contribution in [2.75, 3.05) is 0 Å². The summed E-state index contributed by atoms with van der Waals surface area (Å²) >= 11 is 7.66. The predicted molar refractivity (Wildman–Crippen MR) is 95.8 cm³/mol. The fourth-order valence-corrected chi connectivity index (χ4v) is 4.07. The molecule has 0 saturated heterocycles. The van der Waals surface area contributed by atoms with E-state index >= 15 is 0 Å². The van der Waals surface area contributed by atoms with Crippen molar-refractivity contribution < 1.29 is 0 Å². The maximum atomic E-state index is 9.46. The largest absolute Gasteiger partial charge is 0.245 e. The van der Waals surface area contributed by atoms with E-state index in [-0.39, 0.29) is 0 Å². The molecule has 1 aliphatic carbocycles. The average molecular weight is 343 g/mol. The molecule has 0 saturated carbocycles. The van der Waals surface area contributed by atoms with Gasteiger partial charge < -0.3 is 0 Å². The zero-order chi connectivity index (χ0) is 16.1. The van der Waals surface area contributed by atoms with E-state index in [1.165, 1.54) is 36.9 Å². The molecule has 0 bridgehead atoms. The molecule has 0 unspecified atom stereocenters. The van der Waals surface area contributed by atoms with Crippen LogP contribution in [0.5, 0.6) is 0 Å². The molecular weight excluding hydrogens is 324 g/mol. The molecule has 1 aromatic heterocycles. The van der Waals surface area contributed by atoms with Gasteiger partial charge in [0.1, 0.15) is 11.1 Å². The van der Waals surface area contributed by atoms with Gasteiger partial charge in [-0.3, -0.25) is 0 Å². The number of halogens is 1. The second-order valence-corrected chi connectivity index (χ2v) is 7.29. The summed E-state index contributed by atoms with van der Waals surface area (Å²) in [5.74, 6) is 0.779. The lowest BCUT2D eigenvalue weighted by Gasteiger charge is -2.15. The Bertz CT molecular complexity index is 737. The predicted octanol–water partition coefficient (Wildman–Crippen LogP) is 5.56. The quantitative estimate of drug-likeness (QED) is 0.685. The van der Waals surface area contributed by atoms with Crippen LogP contribution in [0.2, 0.25) is 5.02 Å². The van der Waals surface area contributed by atoms with Crippen LogP contribution < -0.4 is 0 Å². The summed E-state index contributed by atoms with van der Waals surface area (Å²) in [5, 5.41) is 11.1. The summed E-state index contributed by atoms with van der Waals surface area (Å²) in [5.41, 5.74) is 4.32. The number of hydrogen-bond acceptors (Lipinski definition) is 3. The number of rotatable bonds is 3. The highest BCUT2D eigenvalue weighted by Crippen LogP contribution is 2.29. The zero-order valence-electron chi connectivity index (χ0n) is 13.0. The van der Waals surface area contributed by atoms with Gasteiger partial charge in [-0.2, -0.15) is 5.26 Å². The summed E-state index contributed by atoms with van der Waals surface area (Å²) in [7, 11) is 0. The first-order valence-electron chi connectivity index (χ1n) is 8.06. The van der Waals surface area contributed by atoms with Crippen LogP contribution in [0.1, 0.15) is 48.1 Å². The summed E-state index contributed by atoms with van der Waals surface area (Å²) in [4.78, 5) is 4.83. The van der Waals surface area contributed by atoms with Gasteiger partial charge in [-0.15, -0.1) is 11.8 Å².